The number of esters is 1. The summed E-state index contributed by atoms with van der Waals surface area (Å²) in [5.74, 6) is -0.471. The van der Waals surface area contributed by atoms with E-state index in [2.05, 4.69) is 41.1 Å². The van der Waals surface area contributed by atoms with Crippen molar-refractivity contribution in [1.29, 1.82) is 0 Å². The Balaban J connectivity index is 1.43. The Labute approximate surface area is 197 Å². The van der Waals surface area contributed by atoms with Crippen molar-refractivity contribution in [3.05, 3.63) is 88.4 Å². The van der Waals surface area contributed by atoms with E-state index in [0.717, 1.165) is 11.1 Å². The Kier molecular flexibility index (Phi) is 6.89. The normalized spacial score (nSPS) is 13.2. The lowest BCUT2D eigenvalue weighted by Crippen LogP contribution is -2.33. The summed E-state index contributed by atoms with van der Waals surface area (Å²) in [6.07, 6.45) is 0.988. The van der Waals surface area contributed by atoms with Crippen molar-refractivity contribution < 1.29 is 19.1 Å². The molecule has 0 unspecified atom stereocenters. The zero-order valence-corrected chi connectivity index (χ0v) is 19.4. The first kappa shape index (κ1) is 22.7. The minimum absolute atomic E-state index is 0.00764. The largest absolute Gasteiger partial charge is 0.457 e. The average Bonchev–Trinajstić information content (AvgIpc) is 3.43. The number of rotatable bonds is 8. The number of aromatic nitrogens is 1. The van der Waals surface area contributed by atoms with Crippen LogP contribution in [0.3, 0.4) is 0 Å². The Morgan fingerprint density at radius 1 is 1.09 bits per heavy atom. The van der Waals surface area contributed by atoms with Crippen molar-refractivity contribution in [2.24, 2.45) is 5.92 Å². The number of carbonyl (C=O) groups excluding carboxylic acids is 2. The van der Waals surface area contributed by atoms with Crippen molar-refractivity contribution in [2.75, 3.05) is 13.2 Å². The van der Waals surface area contributed by atoms with Gasteiger partial charge >= 0.3 is 12.1 Å². The molecule has 1 aromatic heterocycles. The van der Waals surface area contributed by atoms with Crippen molar-refractivity contribution in [3.63, 3.8) is 0 Å². The van der Waals surface area contributed by atoms with Crippen LogP contribution >= 0.6 is 11.3 Å². The molecule has 7 heteroatoms. The van der Waals surface area contributed by atoms with Crippen LogP contribution in [-0.4, -0.2) is 30.3 Å². The van der Waals surface area contributed by atoms with Crippen LogP contribution in [0.25, 0.3) is 11.1 Å². The van der Waals surface area contributed by atoms with Gasteiger partial charge in [-0.1, -0.05) is 75.0 Å². The van der Waals surface area contributed by atoms with E-state index in [0.29, 0.717) is 5.01 Å². The molecule has 6 nitrogen and oxygen atoms in total. The molecule has 0 radical (unpaired) electrons. The Morgan fingerprint density at radius 2 is 1.73 bits per heavy atom. The number of fused-ring (bicyclic) bond motifs is 3. The number of benzene rings is 2. The van der Waals surface area contributed by atoms with Crippen LogP contribution in [0.4, 0.5) is 4.79 Å². The molecule has 0 bridgehead atoms. The second-order valence-electron chi connectivity index (χ2n) is 8.15. The van der Waals surface area contributed by atoms with E-state index in [4.69, 9.17) is 9.47 Å². The molecule has 0 saturated carbocycles. The predicted molar refractivity (Wildman–Crippen MR) is 128 cm³/mol. The van der Waals surface area contributed by atoms with Gasteiger partial charge in [-0.2, -0.15) is 0 Å². The number of amides is 1. The van der Waals surface area contributed by atoms with Crippen LogP contribution in [0.1, 0.15) is 52.4 Å². The highest BCUT2D eigenvalue weighted by Gasteiger charge is 2.30. The van der Waals surface area contributed by atoms with Gasteiger partial charge < -0.3 is 14.8 Å². The zero-order valence-electron chi connectivity index (χ0n) is 18.6. The molecule has 1 amide bonds. The van der Waals surface area contributed by atoms with E-state index in [9.17, 15) is 9.59 Å². The monoisotopic (exact) mass is 462 g/mol. The maximum Gasteiger partial charge on any atom is 0.407 e. The molecule has 4 rings (SSSR count). The molecule has 33 heavy (non-hydrogen) atoms. The summed E-state index contributed by atoms with van der Waals surface area (Å²) in [6.45, 7) is 7.85. The number of alkyl carbamates (subject to hydrolysis) is 1. The maximum atomic E-state index is 12.7. The van der Waals surface area contributed by atoms with E-state index >= 15 is 0 Å². The van der Waals surface area contributed by atoms with Gasteiger partial charge in [-0.15, -0.1) is 11.3 Å². The number of hydrogen-bond acceptors (Lipinski definition) is 6. The third-order valence-electron chi connectivity index (χ3n) is 5.61. The molecule has 170 valence electrons. The molecule has 0 aliphatic heterocycles. The lowest BCUT2D eigenvalue weighted by Gasteiger charge is -2.21. The van der Waals surface area contributed by atoms with E-state index in [1.165, 1.54) is 28.5 Å². The second kappa shape index (κ2) is 10.0. The highest BCUT2D eigenvalue weighted by Crippen LogP contribution is 2.44. The van der Waals surface area contributed by atoms with E-state index in [1.807, 2.05) is 38.1 Å². The first-order chi connectivity index (χ1) is 16.0. The lowest BCUT2D eigenvalue weighted by molar-refractivity contribution is 0.0543. The number of carbonyl (C=O) groups is 2. The Morgan fingerprint density at radius 3 is 2.33 bits per heavy atom. The summed E-state index contributed by atoms with van der Waals surface area (Å²) in [4.78, 5) is 29.2. The SMILES string of the molecule is C=CCOC(=O)c1csc([C@@H](NC(=O)OCC2c3ccccc3-c3ccccc32)C(C)C)n1. The zero-order chi connectivity index (χ0) is 23.4. The number of nitrogens with zero attached hydrogens (tertiary/aromatic N) is 1. The van der Waals surface area contributed by atoms with Gasteiger partial charge in [0.15, 0.2) is 5.69 Å². The van der Waals surface area contributed by atoms with Crippen LogP contribution in [-0.2, 0) is 9.47 Å². The summed E-state index contributed by atoms with van der Waals surface area (Å²) in [5.41, 5.74) is 4.91. The van der Waals surface area contributed by atoms with Gasteiger partial charge in [0.1, 0.15) is 18.2 Å². The molecule has 1 atom stereocenters. The topological polar surface area (TPSA) is 77.5 Å². The van der Waals surface area contributed by atoms with Gasteiger partial charge in [-0.05, 0) is 28.2 Å². The molecule has 1 aliphatic carbocycles. The molecule has 1 heterocycles. The molecule has 0 spiro atoms. The number of thiazole rings is 1. The standard InChI is InChI=1S/C26H26N2O4S/c1-4-13-31-25(29)22-15-33-24(27-22)23(16(2)3)28-26(30)32-14-21-19-11-7-5-9-17(19)18-10-6-8-12-20(18)21/h4-12,15-16,21,23H,1,13-14H2,2-3H3,(H,28,30)/t23-/m0/s1. The third-order valence-corrected chi connectivity index (χ3v) is 6.54. The predicted octanol–water partition coefficient (Wildman–Crippen LogP) is 5.72. The lowest BCUT2D eigenvalue weighted by atomic mass is 9.98. The highest BCUT2D eigenvalue weighted by atomic mass is 32.1. The molecular formula is C26H26N2O4S. The average molecular weight is 463 g/mol. The van der Waals surface area contributed by atoms with Crippen molar-refractivity contribution >= 4 is 23.4 Å². The van der Waals surface area contributed by atoms with Gasteiger partial charge in [-0.3, -0.25) is 0 Å². The number of ether oxygens (including phenoxy) is 2. The van der Waals surface area contributed by atoms with Gasteiger partial charge in [0.05, 0.1) is 6.04 Å². The Hall–Kier alpha value is -3.45. The van der Waals surface area contributed by atoms with Crippen LogP contribution in [0, 0.1) is 5.92 Å². The summed E-state index contributed by atoms with van der Waals surface area (Å²) >= 11 is 1.31. The second-order valence-corrected chi connectivity index (χ2v) is 9.04. The van der Waals surface area contributed by atoms with Crippen molar-refractivity contribution in [2.45, 2.75) is 25.8 Å². The minimum Gasteiger partial charge on any atom is -0.457 e. The molecular weight excluding hydrogens is 436 g/mol. The molecule has 1 aliphatic rings. The number of nitrogens with one attached hydrogen (secondary N) is 1. The summed E-state index contributed by atoms with van der Waals surface area (Å²) in [7, 11) is 0. The molecule has 0 fully saturated rings. The van der Waals surface area contributed by atoms with Crippen LogP contribution in [0.15, 0.2) is 66.6 Å². The van der Waals surface area contributed by atoms with Gasteiger partial charge in [0.25, 0.3) is 0 Å². The number of hydrogen-bond donors (Lipinski definition) is 1. The summed E-state index contributed by atoms with van der Waals surface area (Å²) < 4.78 is 10.7. The van der Waals surface area contributed by atoms with Gasteiger partial charge in [-0.25, -0.2) is 14.6 Å². The van der Waals surface area contributed by atoms with Crippen LogP contribution in [0.2, 0.25) is 0 Å². The highest BCUT2D eigenvalue weighted by molar-refractivity contribution is 7.09. The summed E-state index contributed by atoms with van der Waals surface area (Å²) in [6, 6.07) is 16.0. The van der Waals surface area contributed by atoms with Crippen molar-refractivity contribution in [1.82, 2.24) is 10.3 Å². The van der Waals surface area contributed by atoms with Crippen LogP contribution < -0.4 is 5.32 Å². The molecule has 1 N–H and O–H groups in total. The van der Waals surface area contributed by atoms with E-state index in [-0.39, 0.29) is 36.8 Å². The van der Waals surface area contributed by atoms with Crippen molar-refractivity contribution in [3.8, 4) is 11.1 Å². The maximum absolute atomic E-state index is 12.7. The summed E-state index contributed by atoms with van der Waals surface area (Å²) in [5, 5.41) is 5.18. The van der Waals surface area contributed by atoms with Gasteiger partial charge in [0, 0.05) is 11.3 Å². The van der Waals surface area contributed by atoms with E-state index in [1.54, 1.807) is 5.38 Å². The molecule has 3 aromatic rings. The minimum atomic E-state index is -0.513. The molecule has 2 aromatic carbocycles. The quantitative estimate of drug-likeness (QED) is 0.342. The first-order valence-electron chi connectivity index (χ1n) is 10.8. The first-order valence-corrected chi connectivity index (χ1v) is 11.7. The fourth-order valence-electron chi connectivity index (χ4n) is 4.01. The molecule has 0 saturated heterocycles. The van der Waals surface area contributed by atoms with Gasteiger partial charge in [0.2, 0.25) is 0 Å². The third kappa shape index (κ3) is 4.83. The van der Waals surface area contributed by atoms with E-state index < -0.39 is 12.1 Å². The van der Waals surface area contributed by atoms with Crippen LogP contribution in [0.5, 0.6) is 0 Å². The Bertz CT molecular complexity index is 1120. The fourth-order valence-corrected chi connectivity index (χ4v) is 5.02. The smallest absolute Gasteiger partial charge is 0.407 e. The fraction of sp³-hybridized carbons (Fsp3) is 0.269.